The number of nitrogens with one attached hydrogen (secondary N) is 2. The van der Waals surface area contributed by atoms with Crippen molar-refractivity contribution in [1.29, 1.82) is 0 Å². The van der Waals surface area contributed by atoms with Crippen molar-refractivity contribution in [1.82, 2.24) is 15.1 Å². The molecule has 2 aromatic rings. The zero-order valence-electron chi connectivity index (χ0n) is 17.0. The van der Waals surface area contributed by atoms with Gasteiger partial charge in [-0.1, -0.05) is 36.4 Å². The van der Waals surface area contributed by atoms with Gasteiger partial charge in [0, 0.05) is 26.2 Å². The molecule has 29 heavy (non-hydrogen) atoms. The third kappa shape index (κ3) is 5.79. The minimum Gasteiger partial charge on any atom is -0.378 e. The minimum absolute atomic E-state index is 0.0967. The summed E-state index contributed by atoms with van der Waals surface area (Å²) in [5.74, 6) is -0.0967. The van der Waals surface area contributed by atoms with E-state index in [0.717, 1.165) is 12.1 Å². The van der Waals surface area contributed by atoms with Crippen molar-refractivity contribution >= 4 is 17.6 Å². The van der Waals surface area contributed by atoms with E-state index in [9.17, 15) is 9.59 Å². The Labute approximate surface area is 171 Å². The SMILES string of the molecule is CN(C)Cc1ccccc1CNC(=O)Nc1ccccc1C(=O)N1CCOCC1. The molecule has 2 N–H and O–H groups in total. The molecule has 2 aromatic carbocycles. The molecule has 0 atom stereocenters. The molecule has 1 heterocycles. The molecule has 1 saturated heterocycles. The third-order valence-electron chi connectivity index (χ3n) is 4.75. The molecule has 1 aliphatic heterocycles. The van der Waals surface area contributed by atoms with Crippen LogP contribution >= 0.6 is 0 Å². The van der Waals surface area contributed by atoms with Crippen LogP contribution in [0.15, 0.2) is 48.5 Å². The highest BCUT2D eigenvalue weighted by molar-refractivity contribution is 6.03. The smallest absolute Gasteiger partial charge is 0.319 e. The normalized spacial score (nSPS) is 14.0. The van der Waals surface area contributed by atoms with E-state index in [1.54, 1.807) is 29.2 Å². The van der Waals surface area contributed by atoms with E-state index in [0.29, 0.717) is 44.1 Å². The van der Waals surface area contributed by atoms with Gasteiger partial charge in [0.1, 0.15) is 0 Å². The number of hydrogen-bond acceptors (Lipinski definition) is 4. The second-order valence-electron chi connectivity index (χ2n) is 7.26. The molecule has 154 valence electrons. The van der Waals surface area contributed by atoms with Crippen molar-refractivity contribution < 1.29 is 14.3 Å². The summed E-state index contributed by atoms with van der Waals surface area (Å²) in [6, 6.07) is 14.8. The first-order valence-corrected chi connectivity index (χ1v) is 9.77. The first-order chi connectivity index (χ1) is 14.0. The average molecular weight is 396 g/mol. The summed E-state index contributed by atoms with van der Waals surface area (Å²) in [7, 11) is 4.03. The van der Waals surface area contributed by atoms with Gasteiger partial charge in [0.25, 0.3) is 5.91 Å². The first-order valence-electron chi connectivity index (χ1n) is 9.77. The van der Waals surface area contributed by atoms with E-state index in [-0.39, 0.29) is 11.9 Å². The molecular formula is C22H28N4O3. The van der Waals surface area contributed by atoms with E-state index in [2.05, 4.69) is 21.6 Å². The topological polar surface area (TPSA) is 73.9 Å². The van der Waals surface area contributed by atoms with Gasteiger partial charge in [-0.3, -0.25) is 4.79 Å². The molecule has 1 aliphatic rings. The number of para-hydroxylation sites is 1. The van der Waals surface area contributed by atoms with Crippen LogP contribution in [0.3, 0.4) is 0 Å². The summed E-state index contributed by atoms with van der Waals surface area (Å²) in [5, 5.41) is 5.72. The van der Waals surface area contributed by atoms with Gasteiger partial charge in [-0.05, 0) is 37.4 Å². The fourth-order valence-electron chi connectivity index (χ4n) is 3.28. The molecule has 0 aliphatic carbocycles. The Bertz CT molecular complexity index is 847. The van der Waals surface area contributed by atoms with Crippen LogP contribution in [0.2, 0.25) is 0 Å². The molecule has 0 saturated carbocycles. The molecule has 3 rings (SSSR count). The van der Waals surface area contributed by atoms with Gasteiger partial charge in [0.2, 0.25) is 0 Å². The number of rotatable bonds is 6. The lowest BCUT2D eigenvalue weighted by molar-refractivity contribution is 0.0303. The van der Waals surface area contributed by atoms with E-state index >= 15 is 0 Å². The van der Waals surface area contributed by atoms with Gasteiger partial charge >= 0.3 is 6.03 Å². The van der Waals surface area contributed by atoms with Crippen LogP contribution < -0.4 is 10.6 Å². The molecular weight excluding hydrogens is 368 g/mol. The molecule has 0 spiro atoms. The number of anilines is 1. The van der Waals surface area contributed by atoms with Crippen molar-refractivity contribution in [3.05, 3.63) is 65.2 Å². The molecule has 7 nitrogen and oxygen atoms in total. The highest BCUT2D eigenvalue weighted by atomic mass is 16.5. The number of morpholine rings is 1. The summed E-state index contributed by atoms with van der Waals surface area (Å²) in [6.45, 7) is 3.40. The standard InChI is InChI=1S/C22H28N4O3/c1-25(2)16-18-8-4-3-7-17(18)15-23-22(28)24-20-10-6-5-9-19(20)21(27)26-11-13-29-14-12-26/h3-10H,11-16H2,1-2H3,(H2,23,24,28). The van der Waals surface area contributed by atoms with Crippen LogP contribution in [0, 0.1) is 0 Å². The molecule has 1 fully saturated rings. The van der Waals surface area contributed by atoms with Crippen LogP contribution in [0.4, 0.5) is 10.5 Å². The van der Waals surface area contributed by atoms with Crippen molar-refractivity contribution in [3.63, 3.8) is 0 Å². The maximum absolute atomic E-state index is 12.8. The maximum Gasteiger partial charge on any atom is 0.319 e. The zero-order valence-corrected chi connectivity index (χ0v) is 17.0. The molecule has 7 heteroatoms. The highest BCUT2D eigenvalue weighted by Crippen LogP contribution is 2.18. The van der Waals surface area contributed by atoms with Gasteiger partial charge < -0.3 is 25.2 Å². The number of carbonyl (C=O) groups excluding carboxylic acids is 2. The van der Waals surface area contributed by atoms with E-state index in [1.165, 1.54) is 5.56 Å². The Hall–Kier alpha value is -2.90. The highest BCUT2D eigenvalue weighted by Gasteiger charge is 2.21. The molecule has 0 unspecified atom stereocenters. The number of amides is 3. The Morgan fingerprint density at radius 3 is 2.38 bits per heavy atom. The predicted molar refractivity (Wildman–Crippen MR) is 113 cm³/mol. The molecule has 3 amide bonds. The number of nitrogens with zero attached hydrogens (tertiary/aromatic N) is 2. The predicted octanol–water partition coefficient (Wildman–Crippen LogP) is 2.54. The Balaban J connectivity index is 1.64. The van der Waals surface area contributed by atoms with Crippen molar-refractivity contribution in [3.8, 4) is 0 Å². The number of benzene rings is 2. The van der Waals surface area contributed by atoms with Crippen molar-refractivity contribution in [2.45, 2.75) is 13.1 Å². The van der Waals surface area contributed by atoms with Gasteiger partial charge in [-0.2, -0.15) is 0 Å². The summed E-state index contributed by atoms with van der Waals surface area (Å²) in [4.78, 5) is 29.2. The fourth-order valence-corrected chi connectivity index (χ4v) is 3.28. The molecule has 0 bridgehead atoms. The maximum atomic E-state index is 12.8. The first kappa shape index (κ1) is 20.8. The van der Waals surface area contributed by atoms with E-state index in [1.807, 2.05) is 32.3 Å². The van der Waals surface area contributed by atoms with Crippen LogP contribution in [-0.4, -0.2) is 62.1 Å². The monoisotopic (exact) mass is 396 g/mol. The van der Waals surface area contributed by atoms with Crippen LogP contribution in [0.1, 0.15) is 21.5 Å². The molecule has 0 radical (unpaired) electrons. The largest absolute Gasteiger partial charge is 0.378 e. The minimum atomic E-state index is -0.341. The van der Waals surface area contributed by atoms with Crippen molar-refractivity contribution in [2.24, 2.45) is 0 Å². The second-order valence-corrected chi connectivity index (χ2v) is 7.26. The number of ether oxygens (including phenoxy) is 1. The van der Waals surface area contributed by atoms with Gasteiger partial charge in [-0.15, -0.1) is 0 Å². The zero-order chi connectivity index (χ0) is 20.6. The van der Waals surface area contributed by atoms with Gasteiger partial charge in [-0.25, -0.2) is 4.79 Å². The van der Waals surface area contributed by atoms with Crippen molar-refractivity contribution in [2.75, 3.05) is 45.7 Å². The fraction of sp³-hybridized carbons (Fsp3) is 0.364. The number of carbonyl (C=O) groups is 2. The number of urea groups is 1. The summed E-state index contributed by atoms with van der Waals surface area (Å²) in [6.07, 6.45) is 0. The Morgan fingerprint density at radius 2 is 1.66 bits per heavy atom. The summed E-state index contributed by atoms with van der Waals surface area (Å²) < 4.78 is 5.31. The average Bonchev–Trinajstić information content (AvgIpc) is 2.73. The van der Waals surface area contributed by atoms with E-state index in [4.69, 9.17) is 4.74 Å². The second kappa shape index (κ2) is 10.0. The summed E-state index contributed by atoms with van der Waals surface area (Å²) >= 11 is 0. The quantitative estimate of drug-likeness (QED) is 0.787. The molecule has 0 aromatic heterocycles. The van der Waals surface area contributed by atoms with Gasteiger partial charge in [0.05, 0.1) is 24.5 Å². The third-order valence-corrected chi connectivity index (χ3v) is 4.75. The lowest BCUT2D eigenvalue weighted by atomic mass is 10.1. The Morgan fingerprint density at radius 1 is 1.00 bits per heavy atom. The van der Waals surface area contributed by atoms with Crippen LogP contribution in [0.25, 0.3) is 0 Å². The lowest BCUT2D eigenvalue weighted by Crippen LogP contribution is -2.41. The van der Waals surface area contributed by atoms with Gasteiger partial charge in [0.15, 0.2) is 0 Å². The Kier molecular flexibility index (Phi) is 7.21. The van der Waals surface area contributed by atoms with Crippen LogP contribution in [-0.2, 0) is 17.8 Å². The summed E-state index contributed by atoms with van der Waals surface area (Å²) in [5.41, 5.74) is 3.22. The van der Waals surface area contributed by atoms with Crippen LogP contribution in [0.5, 0.6) is 0 Å². The van der Waals surface area contributed by atoms with E-state index < -0.39 is 0 Å². The lowest BCUT2D eigenvalue weighted by Gasteiger charge is -2.27. The number of hydrogen-bond donors (Lipinski definition) is 2.